The number of carboxylic acid groups (broad SMARTS) is 1. The van der Waals surface area contributed by atoms with Gasteiger partial charge in [0, 0.05) is 16.9 Å². The summed E-state index contributed by atoms with van der Waals surface area (Å²) < 4.78 is 0. The van der Waals surface area contributed by atoms with Gasteiger partial charge in [0.2, 0.25) is 0 Å². The number of benzene rings is 1. The summed E-state index contributed by atoms with van der Waals surface area (Å²) in [6.45, 7) is 1.73. The lowest BCUT2D eigenvalue weighted by Gasteiger charge is -2.02. The van der Waals surface area contributed by atoms with Crippen LogP contribution in [0.3, 0.4) is 0 Å². The molecule has 14 heavy (non-hydrogen) atoms. The van der Waals surface area contributed by atoms with Gasteiger partial charge in [-0.15, -0.1) is 12.6 Å². The zero-order valence-corrected chi connectivity index (χ0v) is 8.54. The fourth-order valence-corrected chi connectivity index (χ4v) is 1.32. The quantitative estimate of drug-likeness (QED) is 0.594. The molecular weight excluding hydrogens is 200 g/mol. The second kappa shape index (κ2) is 4.28. The van der Waals surface area contributed by atoms with Crippen LogP contribution in [0, 0.1) is 0 Å². The van der Waals surface area contributed by atoms with E-state index >= 15 is 0 Å². The third-order valence-corrected chi connectivity index (χ3v) is 2.26. The molecule has 0 amide bonds. The number of rotatable bonds is 3. The fourth-order valence-electron chi connectivity index (χ4n) is 1.08. The Bertz CT molecular complexity index is 385. The third kappa shape index (κ3) is 2.14. The molecule has 1 aromatic rings. The molecule has 3 nitrogen and oxygen atoms in total. The van der Waals surface area contributed by atoms with E-state index < -0.39 is 5.97 Å². The third-order valence-electron chi connectivity index (χ3n) is 1.87. The molecule has 74 valence electrons. The highest BCUT2D eigenvalue weighted by Gasteiger charge is 2.11. The van der Waals surface area contributed by atoms with Crippen molar-refractivity contribution in [1.82, 2.24) is 0 Å². The Hall–Kier alpha value is -1.29. The molecule has 1 aromatic carbocycles. The zero-order chi connectivity index (χ0) is 10.7. The molecule has 0 bridgehead atoms. The number of Topliss-reactive ketones (excluding diaryl/α,β-unsaturated/α-hetero) is 1. The number of ketones is 1. The Kier molecular flexibility index (Phi) is 3.30. The maximum atomic E-state index is 11.3. The number of carbonyl (C=O) groups excluding carboxylic acids is 1. The van der Waals surface area contributed by atoms with Crippen molar-refractivity contribution in [2.75, 3.05) is 0 Å². The molecule has 0 aliphatic rings. The minimum atomic E-state index is -1.07. The van der Waals surface area contributed by atoms with Crippen LogP contribution in [0.1, 0.15) is 34.1 Å². The van der Waals surface area contributed by atoms with E-state index in [2.05, 4.69) is 12.6 Å². The topological polar surface area (TPSA) is 54.4 Å². The normalized spacial score (nSPS) is 9.86. The SMILES string of the molecule is CCC(=O)c1ccc(S)c(C(=O)O)c1. The van der Waals surface area contributed by atoms with Gasteiger partial charge in [0.05, 0.1) is 5.56 Å². The van der Waals surface area contributed by atoms with Crippen molar-refractivity contribution in [3.05, 3.63) is 29.3 Å². The molecule has 0 aliphatic heterocycles. The molecule has 1 N–H and O–H groups in total. The van der Waals surface area contributed by atoms with Gasteiger partial charge in [0.15, 0.2) is 5.78 Å². The van der Waals surface area contributed by atoms with Crippen LogP contribution in [0.2, 0.25) is 0 Å². The van der Waals surface area contributed by atoms with Crippen LogP contribution in [0.5, 0.6) is 0 Å². The van der Waals surface area contributed by atoms with Crippen molar-refractivity contribution < 1.29 is 14.7 Å². The maximum absolute atomic E-state index is 11.3. The monoisotopic (exact) mass is 210 g/mol. The Labute approximate surface area is 87.2 Å². The van der Waals surface area contributed by atoms with Crippen LogP contribution in [0.4, 0.5) is 0 Å². The van der Waals surface area contributed by atoms with Gasteiger partial charge in [0.1, 0.15) is 0 Å². The molecule has 4 heteroatoms. The largest absolute Gasteiger partial charge is 0.478 e. The number of hydrogen-bond donors (Lipinski definition) is 2. The van der Waals surface area contributed by atoms with Crippen LogP contribution >= 0.6 is 12.6 Å². The Morgan fingerprint density at radius 3 is 2.57 bits per heavy atom. The first-order chi connectivity index (χ1) is 6.56. The average Bonchev–Trinajstić information content (AvgIpc) is 2.17. The first kappa shape index (κ1) is 10.8. The van der Waals surface area contributed by atoms with E-state index in [-0.39, 0.29) is 11.3 Å². The van der Waals surface area contributed by atoms with E-state index in [1.54, 1.807) is 13.0 Å². The van der Waals surface area contributed by atoms with Gasteiger partial charge in [-0.05, 0) is 12.1 Å². The maximum Gasteiger partial charge on any atom is 0.336 e. The van der Waals surface area contributed by atoms with Crippen molar-refractivity contribution in [3.8, 4) is 0 Å². The van der Waals surface area contributed by atoms with Gasteiger partial charge in [-0.25, -0.2) is 4.79 Å². The second-order valence-corrected chi connectivity index (χ2v) is 3.30. The lowest BCUT2D eigenvalue weighted by atomic mass is 10.1. The van der Waals surface area contributed by atoms with E-state index in [1.807, 2.05) is 0 Å². The summed E-state index contributed by atoms with van der Waals surface area (Å²) in [5.74, 6) is -1.14. The van der Waals surface area contributed by atoms with Gasteiger partial charge in [-0.3, -0.25) is 4.79 Å². The highest BCUT2D eigenvalue weighted by atomic mass is 32.1. The van der Waals surface area contributed by atoms with Crippen molar-refractivity contribution in [2.45, 2.75) is 18.2 Å². The number of carboxylic acids is 1. The Morgan fingerprint density at radius 1 is 1.43 bits per heavy atom. The molecule has 0 spiro atoms. The van der Waals surface area contributed by atoms with E-state index in [9.17, 15) is 9.59 Å². The second-order valence-electron chi connectivity index (χ2n) is 2.81. The molecule has 0 heterocycles. The number of thiol groups is 1. The first-order valence-corrected chi connectivity index (χ1v) is 4.60. The van der Waals surface area contributed by atoms with Crippen molar-refractivity contribution in [3.63, 3.8) is 0 Å². The predicted octanol–water partition coefficient (Wildman–Crippen LogP) is 2.27. The van der Waals surface area contributed by atoms with Crippen LogP contribution in [-0.2, 0) is 0 Å². The van der Waals surface area contributed by atoms with Crippen LogP contribution in [0.25, 0.3) is 0 Å². The van der Waals surface area contributed by atoms with Gasteiger partial charge in [-0.1, -0.05) is 13.0 Å². The number of hydrogen-bond acceptors (Lipinski definition) is 3. The Balaban J connectivity index is 3.19. The summed E-state index contributed by atoms with van der Waals surface area (Å²) >= 11 is 3.99. The smallest absolute Gasteiger partial charge is 0.336 e. The summed E-state index contributed by atoms with van der Waals surface area (Å²) in [6, 6.07) is 4.46. The number of carbonyl (C=O) groups is 2. The zero-order valence-electron chi connectivity index (χ0n) is 7.65. The average molecular weight is 210 g/mol. The molecule has 0 radical (unpaired) electrons. The molecule has 0 aromatic heterocycles. The number of aromatic carboxylic acids is 1. The first-order valence-electron chi connectivity index (χ1n) is 4.15. The summed E-state index contributed by atoms with van der Waals surface area (Å²) in [5, 5.41) is 8.78. The molecule has 0 unspecified atom stereocenters. The fraction of sp³-hybridized carbons (Fsp3) is 0.200. The molecule has 0 fully saturated rings. The standard InChI is InChI=1S/C10H10O3S/c1-2-8(11)6-3-4-9(14)7(5-6)10(12)13/h3-5,14H,2H2,1H3,(H,12,13). The molecule has 1 rings (SSSR count). The minimum absolute atomic E-state index is 0.0626. The minimum Gasteiger partial charge on any atom is -0.478 e. The van der Waals surface area contributed by atoms with Gasteiger partial charge in [-0.2, -0.15) is 0 Å². The van der Waals surface area contributed by atoms with Crippen molar-refractivity contribution in [1.29, 1.82) is 0 Å². The highest BCUT2D eigenvalue weighted by Crippen LogP contribution is 2.16. The van der Waals surface area contributed by atoms with Crippen molar-refractivity contribution >= 4 is 24.4 Å². The summed E-state index contributed by atoms with van der Waals surface area (Å²) in [5.41, 5.74) is 0.482. The van der Waals surface area contributed by atoms with Gasteiger partial charge < -0.3 is 5.11 Å². The molecule has 0 saturated carbocycles. The van der Waals surface area contributed by atoms with Gasteiger partial charge >= 0.3 is 5.97 Å². The highest BCUT2D eigenvalue weighted by molar-refractivity contribution is 7.80. The predicted molar refractivity (Wildman–Crippen MR) is 55.3 cm³/mol. The Morgan fingerprint density at radius 2 is 2.07 bits per heavy atom. The molecule has 0 atom stereocenters. The van der Waals surface area contributed by atoms with E-state index in [4.69, 9.17) is 5.11 Å². The van der Waals surface area contributed by atoms with E-state index in [1.165, 1.54) is 12.1 Å². The van der Waals surface area contributed by atoms with E-state index in [0.29, 0.717) is 16.9 Å². The lowest BCUT2D eigenvalue weighted by molar-refractivity contribution is 0.0693. The molecular formula is C10H10O3S. The van der Waals surface area contributed by atoms with Crippen molar-refractivity contribution in [2.24, 2.45) is 0 Å². The van der Waals surface area contributed by atoms with Crippen LogP contribution in [0.15, 0.2) is 23.1 Å². The summed E-state index contributed by atoms with van der Waals surface area (Å²) in [4.78, 5) is 22.4. The molecule has 0 aliphatic carbocycles. The van der Waals surface area contributed by atoms with Crippen LogP contribution in [-0.4, -0.2) is 16.9 Å². The van der Waals surface area contributed by atoms with Crippen LogP contribution < -0.4 is 0 Å². The summed E-state index contributed by atoms with van der Waals surface area (Å²) in [6.07, 6.45) is 0.366. The molecule has 0 saturated heterocycles. The van der Waals surface area contributed by atoms with Gasteiger partial charge in [0.25, 0.3) is 0 Å². The summed E-state index contributed by atoms with van der Waals surface area (Å²) in [7, 11) is 0. The van der Waals surface area contributed by atoms with E-state index in [0.717, 1.165) is 0 Å². The lowest BCUT2D eigenvalue weighted by Crippen LogP contribution is -2.03.